The molecule has 0 aliphatic heterocycles. The summed E-state index contributed by atoms with van der Waals surface area (Å²) >= 11 is 0. The SMILES string of the molecule is CC.CC(=O)Nc1ccc(C(=O)NCC(C)C)cc1.CCC.CCCCO.CO[C@@H](C)C(CCC(=O)[O-])NC(C)=O.[Na+]. The second-order valence-electron chi connectivity index (χ2n) is 9.31. The number of aliphatic carboxylic acids is 1. The number of benzene rings is 1. The van der Waals surface area contributed by atoms with Crippen LogP contribution in [-0.2, 0) is 19.1 Å². The third-order valence-corrected chi connectivity index (χ3v) is 4.64. The van der Waals surface area contributed by atoms with E-state index in [4.69, 9.17) is 9.84 Å². The van der Waals surface area contributed by atoms with Gasteiger partial charge in [-0.2, -0.15) is 0 Å². The van der Waals surface area contributed by atoms with Gasteiger partial charge in [0.15, 0.2) is 0 Å². The van der Waals surface area contributed by atoms with E-state index in [1.807, 2.05) is 27.7 Å². The van der Waals surface area contributed by atoms with Crippen LogP contribution in [0.1, 0.15) is 112 Å². The van der Waals surface area contributed by atoms with Gasteiger partial charge in [0.1, 0.15) is 0 Å². The number of anilines is 1. The summed E-state index contributed by atoms with van der Waals surface area (Å²) in [7, 11) is 1.51. The van der Waals surface area contributed by atoms with Crippen LogP contribution in [0.4, 0.5) is 5.69 Å². The third-order valence-electron chi connectivity index (χ3n) is 4.64. The van der Waals surface area contributed by atoms with Crippen molar-refractivity contribution < 1.29 is 63.7 Å². The minimum Gasteiger partial charge on any atom is -0.550 e. The van der Waals surface area contributed by atoms with Gasteiger partial charge in [-0.3, -0.25) is 14.4 Å². The van der Waals surface area contributed by atoms with E-state index < -0.39 is 5.97 Å². The van der Waals surface area contributed by atoms with Crippen molar-refractivity contribution in [1.29, 1.82) is 0 Å². The normalized spacial score (nSPS) is 10.5. The molecule has 42 heavy (non-hydrogen) atoms. The summed E-state index contributed by atoms with van der Waals surface area (Å²) in [6.45, 7) is 20.0. The van der Waals surface area contributed by atoms with Gasteiger partial charge in [0.2, 0.25) is 11.8 Å². The van der Waals surface area contributed by atoms with Crippen molar-refractivity contribution in [2.45, 2.75) is 113 Å². The molecule has 1 rings (SSSR count). The Morgan fingerprint density at radius 2 is 1.45 bits per heavy atom. The van der Waals surface area contributed by atoms with Gasteiger partial charge in [-0.1, -0.05) is 61.3 Å². The number of aliphatic hydroxyl groups is 1. The zero-order valence-corrected chi connectivity index (χ0v) is 30.4. The number of methoxy groups -OCH3 is 1. The van der Waals surface area contributed by atoms with Crippen molar-refractivity contribution in [3.63, 3.8) is 0 Å². The predicted octanol–water partition coefficient (Wildman–Crippen LogP) is 1.31. The van der Waals surface area contributed by atoms with Gasteiger partial charge in [0.05, 0.1) is 12.1 Å². The molecule has 1 unspecified atom stereocenters. The zero-order chi connectivity index (χ0) is 32.8. The molecule has 0 radical (unpaired) electrons. The Morgan fingerprint density at radius 3 is 1.76 bits per heavy atom. The van der Waals surface area contributed by atoms with E-state index in [1.165, 1.54) is 27.4 Å². The first-order chi connectivity index (χ1) is 19.3. The first-order valence-electron chi connectivity index (χ1n) is 14.6. The average Bonchev–Trinajstić information content (AvgIpc) is 2.91. The molecular formula is C31H58N3NaO7. The number of carbonyl (C=O) groups is 4. The summed E-state index contributed by atoms with van der Waals surface area (Å²) in [5.74, 6) is -1.10. The van der Waals surface area contributed by atoms with Gasteiger partial charge in [-0.25, -0.2) is 0 Å². The number of carboxylic acid groups (broad SMARTS) is 1. The summed E-state index contributed by atoms with van der Waals surface area (Å²) < 4.78 is 5.02. The quantitative estimate of drug-likeness (QED) is 0.261. The van der Waals surface area contributed by atoms with Crippen molar-refractivity contribution in [2.24, 2.45) is 5.92 Å². The molecule has 2 atom stereocenters. The van der Waals surface area contributed by atoms with E-state index in [9.17, 15) is 24.3 Å². The Labute approximate surface area is 277 Å². The number of ether oxygens (including phenoxy) is 1. The molecule has 0 heterocycles. The summed E-state index contributed by atoms with van der Waals surface area (Å²) in [5.41, 5.74) is 1.29. The monoisotopic (exact) mass is 607 g/mol. The summed E-state index contributed by atoms with van der Waals surface area (Å²) in [6, 6.07) is 6.54. The Bertz CT molecular complexity index is 789. The van der Waals surface area contributed by atoms with Crippen molar-refractivity contribution in [3.8, 4) is 0 Å². The molecule has 0 spiro atoms. The van der Waals surface area contributed by atoms with Crippen LogP contribution in [0.5, 0.6) is 0 Å². The van der Waals surface area contributed by atoms with Crippen molar-refractivity contribution in [1.82, 2.24) is 10.6 Å². The molecule has 0 fully saturated rings. The molecule has 10 nitrogen and oxygen atoms in total. The van der Waals surface area contributed by atoms with Crippen molar-refractivity contribution in [3.05, 3.63) is 29.8 Å². The van der Waals surface area contributed by atoms with Gasteiger partial charge in [-0.05, 0) is 56.4 Å². The first kappa shape index (κ1) is 49.7. The maximum atomic E-state index is 11.7. The van der Waals surface area contributed by atoms with Crippen molar-refractivity contribution >= 4 is 29.4 Å². The molecule has 0 bridgehead atoms. The Hall–Kier alpha value is -1.98. The van der Waals surface area contributed by atoms with Crippen LogP contribution < -0.4 is 50.6 Å². The topological polar surface area (TPSA) is 157 Å². The second kappa shape index (κ2) is 35.2. The van der Waals surface area contributed by atoms with E-state index in [0.717, 1.165) is 12.8 Å². The van der Waals surface area contributed by atoms with Crippen LogP contribution in [0.15, 0.2) is 24.3 Å². The van der Waals surface area contributed by atoms with Crippen LogP contribution >= 0.6 is 0 Å². The van der Waals surface area contributed by atoms with Crippen LogP contribution in [-0.4, -0.2) is 61.2 Å². The molecule has 0 aliphatic carbocycles. The Kier molecular flexibility index (Phi) is 41.7. The first-order valence-corrected chi connectivity index (χ1v) is 14.6. The number of nitrogens with one attached hydrogen (secondary N) is 3. The summed E-state index contributed by atoms with van der Waals surface area (Å²) in [4.78, 5) is 43.5. The fraction of sp³-hybridized carbons (Fsp3) is 0.677. The smallest absolute Gasteiger partial charge is 0.550 e. The molecule has 3 amide bonds. The summed E-state index contributed by atoms with van der Waals surface area (Å²) in [5, 5.41) is 26.4. The van der Waals surface area contributed by atoms with Gasteiger partial charge in [-0.15, -0.1) is 0 Å². The van der Waals surface area contributed by atoms with Gasteiger partial charge >= 0.3 is 29.6 Å². The maximum absolute atomic E-state index is 11.7. The van der Waals surface area contributed by atoms with E-state index in [2.05, 4.69) is 36.7 Å². The molecule has 0 saturated heterocycles. The molecule has 1 aromatic rings. The molecule has 0 aliphatic rings. The Balaban J connectivity index is -0.000000164. The van der Waals surface area contributed by atoms with E-state index in [-0.39, 0.29) is 65.8 Å². The number of rotatable bonds is 12. The van der Waals surface area contributed by atoms with Gasteiger partial charge in [0, 0.05) is 51.3 Å². The number of hydrogen-bond donors (Lipinski definition) is 4. The third kappa shape index (κ3) is 36.0. The molecule has 240 valence electrons. The number of amides is 3. The number of aliphatic hydroxyl groups excluding tert-OH is 1. The van der Waals surface area contributed by atoms with Crippen LogP contribution in [0.25, 0.3) is 0 Å². The fourth-order valence-electron chi connectivity index (χ4n) is 2.59. The number of hydrogen-bond acceptors (Lipinski definition) is 7. The van der Waals surface area contributed by atoms with Crippen LogP contribution in [0.2, 0.25) is 0 Å². The maximum Gasteiger partial charge on any atom is 1.00 e. The molecule has 4 N–H and O–H groups in total. The van der Waals surface area contributed by atoms with Gasteiger partial charge in [0.25, 0.3) is 5.91 Å². The molecule has 0 aromatic heterocycles. The van der Waals surface area contributed by atoms with E-state index >= 15 is 0 Å². The standard InChI is InChI=1S/C13H18N2O2.C9H17NO4.C4H10O.C3H8.C2H6.Na/c1-9(2)8-14-13(17)11-4-6-12(7-5-11)15-10(3)16;1-6(14-3)8(10-7(2)11)4-5-9(12)13;1-2-3-4-5;1-3-2;1-2;/h4-7,9H,8H2,1-3H3,(H,14,17)(H,15,16);6,8H,4-5H2,1-3H3,(H,10,11)(H,12,13);5H,2-4H2,1H3;3H2,1-2H3;1-2H3;/q;;;;;+1/p-1/t;6-,8?;;;;/m.0..../s1. The largest absolute Gasteiger partial charge is 1.00 e. The summed E-state index contributed by atoms with van der Waals surface area (Å²) in [6.07, 6.45) is 3.31. The van der Waals surface area contributed by atoms with Gasteiger partial charge < -0.3 is 35.7 Å². The predicted molar refractivity (Wildman–Crippen MR) is 166 cm³/mol. The molecule has 0 saturated carbocycles. The second-order valence-corrected chi connectivity index (χ2v) is 9.31. The average molecular weight is 608 g/mol. The van der Waals surface area contributed by atoms with E-state index in [1.54, 1.807) is 31.2 Å². The van der Waals surface area contributed by atoms with E-state index in [0.29, 0.717) is 36.7 Å². The molecule has 11 heteroatoms. The number of carbonyl (C=O) groups excluding carboxylic acids is 4. The molecular weight excluding hydrogens is 549 g/mol. The van der Waals surface area contributed by atoms with Crippen molar-refractivity contribution in [2.75, 3.05) is 25.6 Å². The molecule has 1 aromatic carbocycles. The number of carboxylic acids is 1. The minimum atomic E-state index is -1.12. The zero-order valence-electron chi connectivity index (χ0n) is 28.4. The van der Waals surface area contributed by atoms with Crippen LogP contribution in [0.3, 0.4) is 0 Å². The minimum absolute atomic E-state index is 0. The Morgan fingerprint density at radius 1 is 0.952 bits per heavy atom. The number of unbranched alkanes of at least 4 members (excludes halogenated alkanes) is 1. The fourth-order valence-corrected chi connectivity index (χ4v) is 2.59. The van der Waals surface area contributed by atoms with Crippen LogP contribution in [0, 0.1) is 5.92 Å².